The minimum atomic E-state index is -0.891. The number of ether oxygens (including phenoxy) is 1. The lowest BCUT2D eigenvalue weighted by Crippen LogP contribution is -2.38. The molecular weight excluding hydrogens is 234 g/mol. The number of carboxylic acid groups (broad SMARTS) is 1. The average Bonchev–Trinajstić information content (AvgIpc) is 2.75. The molecule has 0 spiro atoms. The van der Waals surface area contributed by atoms with Gasteiger partial charge in [-0.25, -0.2) is 0 Å². The van der Waals surface area contributed by atoms with Crippen LogP contribution in [0.5, 0.6) is 0 Å². The third kappa shape index (κ3) is 5.31. The maximum Gasteiger partial charge on any atom is 0.305 e. The van der Waals surface area contributed by atoms with Crippen LogP contribution >= 0.6 is 0 Å². The summed E-state index contributed by atoms with van der Waals surface area (Å²) in [6.45, 7) is 5.14. The van der Waals surface area contributed by atoms with Gasteiger partial charge in [-0.3, -0.25) is 9.59 Å². The minimum absolute atomic E-state index is 0.0327. The number of hydrogen-bond donors (Lipinski definition) is 1. The summed E-state index contributed by atoms with van der Waals surface area (Å²) in [7, 11) is 0. The molecular formula is C13H21NO4. The monoisotopic (exact) mass is 255 g/mol. The van der Waals surface area contributed by atoms with E-state index in [2.05, 4.69) is 0 Å². The minimum Gasteiger partial charge on any atom is -0.481 e. The molecule has 5 heteroatoms. The highest BCUT2D eigenvalue weighted by molar-refractivity contribution is 5.88. The molecule has 0 aliphatic carbocycles. The molecule has 1 saturated heterocycles. The Hall–Kier alpha value is -1.36. The van der Waals surface area contributed by atoms with Gasteiger partial charge in [-0.15, -0.1) is 0 Å². The number of amides is 1. The number of hydrogen-bond acceptors (Lipinski definition) is 3. The van der Waals surface area contributed by atoms with E-state index in [4.69, 9.17) is 9.84 Å². The summed E-state index contributed by atoms with van der Waals surface area (Å²) >= 11 is 0. The maximum absolute atomic E-state index is 12.0. The largest absolute Gasteiger partial charge is 0.481 e. The first kappa shape index (κ1) is 14.7. The Morgan fingerprint density at radius 3 is 2.67 bits per heavy atom. The fourth-order valence-electron chi connectivity index (χ4n) is 1.89. The van der Waals surface area contributed by atoms with E-state index in [9.17, 15) is 9.59 Å². The Morgan fingerprint density at radius 1 is 1.44 bits per heavy atom. The van der Waals surface area contributed by atoms with Gasteiger partial charge in [0.1, 0.15) is 0 Å². The van der Waals surface area contributed by atoms with Gasteiger partial charge in [0.25, 0.3) is 0 Å². The van der Waals surface area contributed by atoms with Crippen molar-refractivity contribution in [3.05, 3.63) is 11.6 Å². The van der Waals surface area contributed by atoms with Crippen LogP contribution in [0.25, 0.3) is 0 Å². The van der Waals surface area contributed by atoms with Crippen molar-refractivity contribution in [3.63, 3.8) is 0 Å². The number of nitrogens with zero attached hydrogens (tertiary/aromatic N) is 1. The van der Waals surface area contributed by atoms with Gasteiger partial charge >= 0.3 is 5.97 Å². The number of allylic oxidation sites excluding steroid dienone is 1. The molecule has 102 valence electrons. The zero-order chi connectivity index (χ0) is 13.5. The third-order valence-corrected chi connectivity index (χ3v) is 2.77. The first-order valence-electron chi connectivity index (χ1n) is 6.26. The van der Waals surface area contributed by atoms with Crippen LogP contribution in [0.4, 0.5) is 0 Å². The molecule has 0 aromatic heterocycles. The molecule has 1 fully saturated rings. The number of rotatable bonds is 6. The molecule has 1 heterocycles. The van der Waals surface area contributed by atoms with Crippen LogP contribution in [0.3, 0.4) is 0 Å². The molecule has 1 aliphatic rings. The molecule has 1 rings (SSSR count). The van der Waals surface area contributed by atoms with E-state index in [1.165, 1.54) is 6.08 Å². The van der Waals surface area contributed by atoms with E-state index in [1.807, 2.05) is 13.8 Å². The highest BCUT2D eigenvalue weighted by Crippen LogP contribution is 2.14. The second-order valence-corrected chi connectivity index (χ2v) is 4.78. The van der Waals surface area contributed by atoms with E-state index in [1.54, 1.807) is 4.90 Å². The topological polar surface area (TPSA) is 66.8 Å². The summed E-state index contributed by atoms with van der Waals surface area (Å²) in [5, 5.41) is 8.70. The Balaban J connectivity index is 2.57. The van der Waals surface area contributed by atoms with Gasteiger partial charge in [0.05, 0.1) is 12.5 Å². The Labute approximate surface area is 107 Å². The van der Waals surface area contributed by atoms with Gasteiger partial charge in [-0.2, -0.15) is 0 Å². The van der Waals surface area contributed by atoms with E-state index >= 15 is 0 Å². The summed E-state index contributed by atoms with van der Waals surface area (Å²) < 4.78 is 5.48. The number of aliphatic carboxylic acids is 1. The lowest BCUT2D eigenvalue weighted by atomic mass is 10.2. The van der Waals surface area contributed by atoms with Gasteiger partial charge in [-0.1, -0.05) is 5.57 Å². The van der Waals surface area contributed by atoms with Crippen molar-refractivity contribution in [2.75, 3.05) is 19.7 Å². The summed E-state index contributed by atoms with van der Waals surface area (Å²) in [6, 6.07) is 0. The summed E-state index contributed by atoms with van der Waals surface area (Å²) in [6.07, 6.45) is 3.50. The Morgan fingerprint density at radius 2 is 2.17 bits per heavy atom. The Bertz CT molecular complexity index is 328. The fourth-order valence-corrected chi connectivity index (χ4v) is 1.89. The summed E-state index contributed by atoms with van der Waals surface area (Å²) in [5.74, 6) is -1.02. The zero-order valence-electron chi connectivity index (χ0n) is 11.0. The van der Waals surface area contributed by atoms with Crippen LogP contribution < -0.4 is 0 Å². The molecule has 0 aromatic carbocycles. The van der Waals surface area contributed by atoms with Crippen LogP contribution in [-0.4, -0.2) is 47.7 Å². The predicted molar refractivity (Wildman–Crippen MR) is 67.2 cm³/mol. The maximum atomic E-state index is 12.0. The zero-order valence-corrected chi connectivity index (χ0v) is 11.0. The lowest BCUT2D eigenvalue weighted by molar-refractivity contribution is -0.138. The standard InChI is InChI=1S/C13H21NO4/c1-10(2)8-12(15)14(6-5-13(16)17)9-11-4-3-7-18-11/h8,11H,3-7,9H2,1-2H3,(H,16,17). The van der Waals surface area contributed by atoms with Crippen LogP contribution in [0.1, 0.15) is 33.1 Å². The summed E-state index contributed by atoms with van der Waals surface area (Å²) in [5.41, 5.74) is 0.910. The Kier molecular flexibility index (Phi) is 5.85. The second-order valence-electron chi connectivity index (χ2n) is 4.78. The second kappa shape index (κ2) is 7.16. The number of carbonyl (C=O) groups is 2. The van der Waals surface area contributed by atoms with Crippen molar-refractivity contribution in [1.82, 2.24) is 4.90 Å². The van der Waals surface area contributed by atoms with Crippen molar-refractivity contribution < 1.29 is 19.4 Å². The van der Waals surface area contributed by atoms with Crippen molar-refractivity contribution in [1.29, 1.82) is 0 Å². The molecule has 1 N–H and O–H groups in total. The van der Waals surface area contributed by atoms with Crippen LogP contribution in [0, 0.1) is 0 Å². The molecule has 0 saturated carbocycles. The van der Waals surface area contributed by atoms with Crippen molar-refractivity contribution >= 4 is 11.9 Å². The lowest BCUT2D eigenvalue weighted by Gasteiger charge is -2.23. The van der Waals surface area contributed by atoms with Gasteiger partial charge in [0, 0.05) is 25.8 Å². The fraction of sp³-hybridized carbons (Fsp3) is 0.692. The van der Waals surface area contributed by atoms with E-state index in [0.717, 1.165) is 25.0 Å². The van der Waals surface area contributed by atoms with Gasteiger partial charge in [-0.05, 0) is 26.7 Å². The molecule has 1 aliphatic heterocycles. The predicted octanol–water partition coefficient (Wildman–Crippen LogP) is 1.43. The SMILES string of the molecule is CC(C)=CC(=O)N(CCC(=O)O)CC1CCCO1. The first-order valence-corrected chi connectivity index (χ1v) is 6.26. The highest BCUT2D eigenvalue weighted by Gasteiger charge is 2.21. The van der Waals surface area contributed by atoms with E-state index in [-0.39, 0.29) is 25.0 Å². The van der Waals surface area contributed by atoms with Crippen molar-refractivity contribution in [2.24, 2.45) is 0 Å². The van der Waals surface area contributed by atoms with Gasteiger partial charge in [0.15, 0.2) is 0 Å². The van der Waals surface area contributed by atoms with Gasteiger partial charge in [0.2, 0.25) is 5.91 Å². The smallest absolute Gasteiger partial charge is 0.305 e. The molecule has 0 aromatic rings. The molecule has 0 radical (unpaired) electrons. The van der Waals surface area contributed by atoms with Crippen LogP contribution in [-0.2, 0) is 14.3 Å². The number of carboxylic acids is 1. The molecule has 1 amide bonds. The quantitative estimate of drug-likeness (QED) is 0.729. The first-order chi connectivity index (χ1) is 8.49. The van der Waals surface area contributed by atoms with Crippen LogP contribution in [0.15, 0.2) is 11.6 Å². The average molecular weight is 255 g/mol. The highest BCUT2D eigenvalue weighted by atomic mass is 16.5. The van der Waals surface area contributed by atoms with E-state index < -0.39 is 5.97 Å². The molecule has 1 atom stereocenters. The molecule has 0 bridgehead atoms. The molecule has 5 nitrogen and oxygen atoms in total. The third-order valence-electron chi connectivity index (χ3n) is 2.77. The van der Waals surface area contributed by atoms with Gasteiger partial charge < -0.3 is 14.7 Å². The summed E-state index contributed by atoms with van der Waals surface area (Å²) in [4.78, 5) is 24.1. The van der Waals surface area contributed by atoms with E-state index in [0.29, 0.717) is 6.54 Å². The van der Waals surface area contributed by atoms with Crippen molar-refractivity contribution in [3.8, 4) is 0 Å². The normalized spacial score (nSPS) is 18.4. The van der Waals surface area contributed by atoms with Crippen LogP contribution in [0.2, 0.25) is 0 Å². The number of carbonyl (C=O) groups excluding carboxylic acids is 1. The molecule has 1 unspecified atom stereocenters. The molecule has 18 heavy (non-hydrogen) atoms. The van der Waals surface area contributed by atoms with Crippen molar-refractivity contribution in [2.45, 2.75) is 39.2 Å².